The molecule has 0 radical (unpaired) electrons. The van der Waals surface area contributed by atoms with Crippen LogP contribution in [0.25, 0.3) is 0 Å². The second-order valence-electron chi connectivity index (χ2n) is 7.76. The number of nitrogens with zero attached hydrogens (tertiary/aromatic N) is 4. The Kier molecular flexibility index (Phi) is 6.13. The van der Waals surface area contributed by atoms with Crippen molar-refractivity contribution in [2.24, 2.45) is 4.99 Å². The summed E-state index contributed by atoms with van der Waals surface area (Å²) in [6, 6.07) is 7.90. The predicted molar refractivity (Wildman–Crippen MR) is 122 cm³/mol. The van der Waals surface area contributed by atoms with Gasteiger partial charge in [0.15, 0.2) is 0 Å². The van der Waals surface area contributed by atoms with E-state index in [1.807, 2.05) is 18.2 Å². The predicted octanol–water partition coefficient (Wildman–Crippen LogP) is 2.24. The molecular weight excluding hydrogens is 376 g/mol. The highest BCUT2D eigenvalue weighted by molar-refractivity contribution is 6.13. The molecule has 2 aromatic rings. The van der Waals surface area contributed by atoms with Crippen molar-refractivity contribution in [3.05, 3.63) is 47.4 Å². The molecule has 0 amide bonds. The first-order chi connectivity index (χ1) is 14.7. The first-order valence-corrected chi connectivity index (χ1v) is 10.5. The van der Waals surface area contributed by atoms with Crippen LogP contribution in [0.15, 0.2) is 35.5 Å². The summed E-state index contributed by atoms with van der Waals surface area (Å²) in [6.45, 7) is 3.65. The first kappa shape index (κ1) is 20.2. The van der Waals surface area contributed by atoms with Gasteiger partial charge in [-0.3, -0.25) is 15.4 Å². The molecule has 5 N–H and O–H groups in total. The van der Waals surface area contributed by atoms with Crippen LogP contribution >= 0.6 is 0 Å². The SMILES string of the molecule is N=CC(C=NC1CCC1)c1cc(C(=N)c2cccc(N3CCNCC3)n2)c(N)cn1. The van der Waals surface area contributed by atoms with E-state index in [0.29, 0.717) is 28.7 Å². The lowest BCUT2D eigenvalue weighted by molar-refractivity contribution is 0.421. The number of pyridine rings is 2. The van der Waals surface area contributed by atoms with Gasteiger partial charge in [0, 0.05) is 50.2 Å². The van der Waals surface area contributed by atoms with Crippen LogP contribution in [-0.4, -0.2) is 60.3 Å². The summed E-state index contributed by atoms with van der Waals surface area (Å²) in [5.74, 6) is 0.550. The van der Waals surface area contributed by atoms with E-state index in [1.165, 1.54) is 12.6 Å². The summed E-state index contributed by atoms with van der Waals surface area (Å²) in [5.41, 5.74) is 8.67. The minimum absolute atomic E-state index is 0.257. The summed E-state index contributed by atoms with van der Waals surface area (Å²) in [5, 5.41) is 19.9. The molecule has 1 unspecified atom stereocenters. The Morgan fingerprint density at radius 2 is 2.10 bits per heavy atom. The number of nitrogen functional groups attached to an aromatic ring is 1. The summed E-state index contributed by atoms with van der Waals surface area (Å²) in [7, 11) is 0. The van der Waals surface area contributed by atoms with Crippen LogP contribution in [0.1, 0.15) is 42.1 Å². The maximum absolute atomic E-state index is 8.73. The molecule has 2 fully saturated rings. The molecule has 1 aliphatic carbocycles. The van der Waals surface area contributed by atoms with Crippen molar-refractivity contribution < 1.29 is 0 Å². The topological polar surface area (TPSA) is 127 Å². The zero-order valence-electron chi connectivity index (χ0n) is 17.0. The molecule has 3 heterocycles. The fraction of sp³-hybridized carbons (Fsp3) is 0.409. The van der Waals surface area contributed by atoms with Gasteiger partial charge in [0.25, 0.3) is 0 Å². The van der Waals surface area contributed by atoms with Gasteiger partial charge in [-0.1, -0.05) is 6.07 Å². The Balaban J connectivity index is 1.58. The highest BCUT2D eigenvalue weighted by Gasteiger charge is 2.19. The molecular formula is C22H28N8. The zero-order valence-corrected chi connectivity index (χ0v) is 17.0. The highest BCUT2D eigenvalue weighted by atomic mass is 15.2. The lowest BCUT2D eigenvalue weighted by Crippen LogP contribution is -2.44. The summed E-state index contributed by atoms with van der Waals surface area (Å²) < 4.78 is 0. The largest absolute Gasteiger partial charge is 0.397 e. The third-order valence-corrected chi connectivity index (χ3v) is 5.71. The van der Waals surface area contributed by atoms with E-state index < -0.39 is 0 Å². The first-order valence-electron chi connectivity index (χ1n) is 10.5. The van der Waals surface area contributed by atoms with Crippen molar-refractivity contribution >= 4 is 29.6 Å². The number of nitrogens with one attached hydrogen (secondary N) is 3. The number of hydrogen-bond donors (Lipinski definition) is 4. The third-order valence-electron chi connectivity index (χ3n) is 5.71. The molecule has 4 rings (SSSR count). The lowest BCUT2D eigenvalue weighted by Gasteiger charge is -2.28. The Hall–Kier alpha value is -3.13. The molecule has 1 saturated carbocycles. The number of aliphatic imine (C=N–C) groups is 1. The fourth-order valence-electron chi connectivity index (χ4n) is 3.61. The van der Waals surface area contributed by atoms with E-state index in [0.717, 1.165) is 44.8 Å². The Morgan fingerprint density at radius 3 is 2.80 bits per heavy atom. The molecule has 30 heavy (non-hydrogen) atoms. The second kappa shape index (κ2) is 9.13. The average molecular weight is 405 g/mol. The smallest absolute Gasteiger partial charge is 0.129 e. The van der Waals surface area contributed by atoms with Gasteiger partial charge < -0.3 is 21.4 Å². The minimum Gasteiger partial charge on any atom is -0.397 e. The number of nitrogens with two attached hydrogens (primary N) is 1. The molecule has 1 atom stereocenters. The highest BCUT2D eigenvalue weighted by Crippen LogP contribution is 2.24. The van der Waals surface area contributed by atoms with E-state index in [2.05, 4.69) is 20.2 Å². The molecule has 0 spiro atoms. The molecule has 8 nitrogen and oxygen atoms in total. The van der Waals surface area contributed by atoms with E-state index in [1.54, 1.807) is 18.5 Å². The number of anilines is 2. The van der Waals surface area contributed by atoms with Gasteiger partial charge >= 0.3 is 0 Å². The fourth-order valence-corrected chi connectivity index (χ4v) is 3.61. The van der Waals surface area contributed by atoms with Crippen molar-refractivity contribution in [3.63, 3.8) is 0 Å². The molecule has 156 valence electrons. The van der Waals surface area contributed by atoms with Crippen LogP contribution in [0.5, 0.6) is 0 Å². The minimum atomic E-state index is -0.321. The second-order valence-corrected chi connectivity index (χ2v) is 7.76. The maximum atomic E-state index is 8.73. The molecule has 1 aliphatic heterocycles. The van der Waals surface area contributed by atoms with Crippen LogP contribution in [0, 0.1) is 10.8 Å². The van der Waals surface area contributed by atoms with Crippen LogP contribution < -0.4 is 16.0 Å². The van der Waals surface area contributed by atoms with Gasteiger partial charge in [0.2, 0.25) is 0 Å². The Morgan fingerprint density at radius 1 is 1.30 bits per heavy atom. The number of rotatable bonds is 7. The Bertz CT molecular complexity index is 944. The normalized spacial score (nSPS) is 18.2. The summed E-state index contributed by atoms with van der Waals surface area (Å²) in [4.78, 5) is 15.9. The standard InChI is InChI=1S/C22H28N8/c23-12-15(13-27-16-3-1-4-16)20-11-17(18(24)14-28-20)22(25)19-5-2-6-21(29-19)30-9-7-26-8-10-30/h2,5-6,11-16,23,25-26H,1,3-4,7-10,24H2. The maximum Gasteiger partial charge on any atom is 0.129 e. The monoisotopic (exact) mass is 404 g/mol. The summed E-state index contributed by atoms with van der Waals surface area (Å²) >= 11 is 0. The van der Waals surface area contributed by atoms with E-state index in [4.69, 9.17) is 21.5 Å². The molecule has 2 aromatic heterocycles. The molecule has 1 saturated heterocycles. The van der Waals surface area contributed by atoms with Crippen LogP contribution in [0.2, 0.25) is 0 Å². The summed E-state index contributed by atoms with van der Waals surface area (Å²) in [6.07, 6.45) is 8.14. The van der Waals surface area contributed by atoms with Crippen molar-refractivity contribution in [2.45, 2.75) is 31.2 Å². The van der Waals surface area contributed by atoms with Crippen LogP contribution in [0.3, 0.4) is 0 Å². The lowest BCUT2D eigenvalue weighted by atomic mass is 9.93. The molecule has 0 aromatic carbocycles. The van der Waals surface area contributed by atoms with Gasteiger partial charge in [-0.05, 0) is 37.5 Å². The van der Waals surface area contributed by atoms with Gasteiger partial charge in [-0.2, -0.15) is 0 Å². The molecule has 0 bridgehead atoms. The zero-order chi connectivity index (χ0) is 20.9. The molecule has 8 heteroatoms. The number of piperazine rings is 1. The van der Waals surface area contributed by atoms with Gasteiger partial charge in [0.1, 0.15) is 5.82 Å². The van der Waals surface area contributed by atoms with Crippen LogP contribution in [0.4, 0.5) is 11.5 Å². The molecule has 2 aliphatic rings. The third kappa shape index (κ3) is 4.38. The number of aromatic nitrogens is 2. The van der Waals surface area contributed by atoms with Crippen molar-refractivity contribution in [1.29, 1.82) is 10.8 Å². The van der Waals surface area contributed by atoms with E-state index in [-0.39, 0.29) is 11.6 Å². The Labute approximate surface area is 176 Å². The number of hydrogen-bond acceptors (Lipinski definition) is 8. The quantitative estimate of drug-likeness (QED) is 0.526. The van der Waals surface area contributed by atoms with Crippen molar-refractivity contribution in [1.82, 2.24) is 15.3 Å². The van der Waals surface area contributed by atoms with Crippen LogP contribution in [-0.2, 0) is 0 Å². The van der Waals surface area contributed by atoms with Gasteiger partial charge in [-0.25, -0.2) is 4.98 Å². The van der Waals surface area contributed by atoms with Gasteiger partial charge in [0.05, 0.1) is 34.9 Å². The van der Waals surface area contributed by atoms with Gasteiger partial charge in [-0.15, -0.1) is 0 Å². The average Bonchev–Trinajstić information content (AvgIpc) is 2.76. The van der Waals surface area contributed by atoms with E-state index in [9.17, 15) is 0 Å². The van der Waals surface area contributed by atoms with Crippen molar-refractivity contribution in [3.8, 4) is 0 Å². The van der Waals surface area contributed by atoms with Crippen molar-refractivity contribution in [2.75, 3.05) is 36.8 Å². The van der Waals surface area contributed by atoms with E-state index >= 15 is 0 Å².